The molecule has 0 unspecified atom stereocenters. The summed E-state index contributed by atoms with van der Waals surface area (Å²) >= 11 is 7.48. The number of halogens is 2. The standard InChI is InChI=1S/C33H31ClFNO6S/c1-6-41-32(39)27-28(37)26(43-31(27)36-30(38)21-10-12-22(13-11-21)33(2,3)4)17-20-15-24(34)29(25(16-20)40-5)42-18-19-8-7-9-23(35)14-19/h7-17,37H,6,18H2,1-5H3/b26-17+,36-31?. The minimum atomic E-state index is -0.803. The number of aliphatic hydroxyl groups excluding tert-OH is 1. The minimum Gasteiger partial charge on any atom is -0.506 e. The van der Waals surface area contributed by atoms with E-state index in [-0.39, 0.29) is 56.5 Å². The summed E-state index contributed by atoms with van der Waals surface area (Å²) in [5.41, 5.74) is 2.23. The number of amides is 1. The molecular weight excluding hydrogens is 593 g/mol. The van der Waals surface area contributed by atoms with E-state index in [0.29, 0.717) is 22.4 Å². The van der Waals surface area contributed by atoms with E-state index in [1.165, 1.54) is 19.2 Å². The molecule has 1 aliphatic heterocycles. The molecule has 0 aliphatic carbocycles. The van der Waals surface area contributed by atoms with E-state index in [0.717, 1.165) is 17.3 Å². The summed E-state index contributed by atoms with van der Waals surface area (Å²) in [6.45, 7) is 7.98. The van der Waals surface area contributed by atoms with Gasteiger partial charge in [0.15, 0.2) is 11.5 Å². The lowest BCUT2D eigenvalue weighted by atomic mass is 9.87. The van der Waals surface area contributed by atoms with Crippen molar-refractivity contribution in [3.63, 3.8) is 0 Å². The van der Waals surface area contributed by atoms with Gasteiger partial charge in [0.25, 0.3) is 5.91 Å². The zero-order valence-corrected chi connectivity index (χ0v) is 25.9. The number of carbonyl (C=O) groups excluding carboxylic acids is 2. The quantitative estimate of drug-likeness (QED) is 0.254. The predicted octanol–water partition coefficient (Wildman–Crippen LogP) is 8.07. The van der Waals surface area contributed by atoms with Crippen molar-refractivity contribution in [1.29, 1.82) is 0 Å². The molecule has 10 heteroatoms. The lowest BCUT2D eigenvalue weighted by Crippen LogP contribution is -2.14. The molecule has 0 saturated heterocycles. The number of hydrogen-bond donors (Lipinski definition) is 1. The second-order valence-electron chi connectivity index (χ2n) is 10.6. The number of methoxy groups -OCH3 is 1. The number of aliphatic imine (C=N–C) groups is 1. The van der Waals surface area contributed by atoms with Gasteiger partial charge in [0.05, 0.1) is 23.6 Å². The Hall–Kier alpha value is -4.08. The zero-order valence-electron chi connectivity index (χ0n) is 24.4. The Kier molecular flexibility index (Phi) is 9.98. The average molecular weight is 624 g/mol. The van der Waals surface area contributed by atoms with Crippen LogP contribution in [0.2, 0.25) is 5.02 Å². The first-order valence-corrected chi connectivity index (χ1v) is 14.6. The SMILES string of the molecule is CCOC(=O)C1=C(O)/C(=C\c2cc(Cl)c(OCc3cccc(F)c3)c(OC)c2)SC1=NC(=O)c1ccc(C(C)(C)C)cc1. The van der Waals surface area contributed by atoms with Crippen molar-refractivity contribution in [2.45, 2.75) is 39.7 Å². The van der Waals surface area contributed by atoms with Crippen LogP contribution < -0.4 is 9.47 Å². The molecule has 0 bridgehead atoms. The third kappa shape index (κ3) is 7.66. The number of ether oxygens (including phenoxy) is 3. The molecule has 7 nitrogen and oxygen atoms in total. The molecule has 3 aromatic carbocycles. The maximum atomic E-state index is 13.6. The van der Waals surface area contributed by atoms with Gasteiger partial charge in [0.1, 0.15) is 28.8 Å². The molecule has 1 aliphatic rings. The van der Waals surface area contributed by atoms with Crippen molar-refractivity contribution in [3.05, 3.63) is 110 Å². The number of benzene rings is 3. The number of aliphatic hydroxyl groups is 1. The van der Waals surface area contributed by atoms with Gasteiger partial charge < -0.3 is 19.3 Å². The van der Waals surface area contributed by atoms with Gasteiger partial charge >= 0.3 is 5.97 Å². The fourth-order valence-electron chi connectivity index (χ4n) is 4.16. The first-order chi connectivity index (χ1) is 20.4. The van der Waals surface area contributed by atoms with Crippen molar-refractivity contribution >= 4 is 46.4 Å². The normalized spacial score (nSPS) is 15.2. The Morgan fingerprint density at radius 3 is 2.44 bits per heavy atom. The number of nitrogens with zero attached hydrogens (tertiary/aromatic N) is 1. The Labute approximate surface area is 259 Å². The lowest BCUT2D eigenvalue weighted by molar-refractivity contribution is -0.138. The van der Waals surface area contributed by atoms with E-state index < -0.39 is 11.9 Å². The van der Waals surface area contributed by atoms with Crippen molar-refractivity contribution in [1.82, 2.24) is 0 Å². The van der Waals surface area contributed by atoms with E-state index in [4.69, 9.17) is 25.8 Å². The number of rotatable bonds is 8. The second-order valence-corrected chi connectivity index (χ2v) is 12.0. The van der Waals surface area contributed by atoms with Crippen molar-refractivity contribution in [3.8, 4) is 11.5 Å². The molecule has 1 heterocycles. The summed E-state index contributed by atoms with van der Waals surface area (Å²) in [4.78, 5) is 30.3. The predicted molar refractivity (Wildman–Crippen MR) is 167 cm³/mol. The number of carbonyl (C=O) groups is 2. The van der Waals surface area contributed by atoms with E-state index in [1.807, 2.05) is 12.1 Å². The third-order valence-electron chi connectivity index (χ3n) is 6.39. The van der Waals surface area contributed by atoms with Gasteiger partial charge in [-0.15, -0.1) is 0 Å². The van der Waals surface area contributed by atoms with Gasteiger partial charge in [-0.25, -0.2) is 14.2 Å². The maximum Gasteiger partial charge on any atom is 0.344 e. The molecule has 0 spiro atoms. The highest BCUT2D eigenvalue weighted by Crippen LogP contribution is 2.42. The van der Waals surface area contributed by atoms with Crippen molar-refractivity contribution in [2.75, 3.05) is 13.7 Å². The topological polar surface area (TPSA) is 94.4 Å². The molecule has 0 atom stereocenters. The summed E-state index contributed by atoms with van der Waals surface area (Å²) in [6.07, 6.45) is 1.58. The van der Waals surface area contributed by atoms with Crippen molar-refractivity contribution in [2.24, 2.45) is 4.99 Å². The molecule has 0 aromatic heterocycles. The van der Waals surface area contributed by atoms with E-state index in [1.54, 1.807) is 49.4 Å². The van der Waals surface area contributed by atoms with Crippen LogP contribution in [0.15, 0.2) is 81.9 Å². The molecule has 0 saturated carbocycles. The van der Waals surface area contributed by atoms with Gasteiger partial charge in [-0.05, 0) is 71.5 Å². The fraction of sp³-hybridized carbons (Fsp3) is 0.242. The second kappa shape index (κ2) is 13.5. The summed E-state index contributed by atoms with van der Waals surface area (Å²) in [6, 6.07) is 16.3. The van der Waals surface area contributed by atoms with Crippen LogP contribution in [0.5, 0.6) is 11.5 Å². The van der Waals surface area contributed by atoms with Crippen molar-refractivity contribution < 1.29 is 33.3 Å². The summed E-state index contributed by atoms with van der Waals surface area (Å²) in [5, 5.41) is 11.3. The van der Waals surface area contributed by atoms with Crippen LogP contribution in [0.4, 0.5) is 4.39 Å². The molecule has 4 rings (SSSR count). The molecule has 1 amide bonds. The molecule has 43 heavy (non-hydrogen) atoms. The van der Waals surface area contributed by atoms with Gasteiger partial charge in [-0.3, -0.25) is 4.79 Å². The van der Waals surface area contributed by atoms with Crippen LogP contribution in [0.1, 0.15) is 54.7 Å². The van der Waals surface area contributed by atoms with Crippen LogP contribution in [-0.4, -0.2) is 35.7 Å². The number of hydrogen-bond acceptors (Lipinski definition) is 7. The van der Waals surface area contributed by atoms with Crippen LogP contribution in [0, 0.1) is 5.82 Å². The van der Waals surface area contributed by atoms with E-state index in [2.05, 4.69) is 25.8 Å². The minimum absolute atomic E-state index is 0.0141. The van der Waals surface area contributed by atoms with Gasteiger partial charge in [0.2, 0.25) is 0 Å². The molecule has 0 fully saturated rings. The Morgan fingerprint density at radius 2 is 1.81 bits per heavy atom. The Morgan fingerprint density at radius 1 is 1.09 bits per heavy atom. The van der Waals surface area contributed by atoms with E-state index >= 15 is 0 Å². The summed E-state index contributed by atoms with van der Waals surface area (Å²) in [7, 11) is 1.45. The molecule has 3 aromatic rings. The monoisotopic (exact) mass is 623 g/mol. The summed E-state index contributed by atoms with van der Waals surface area (Å²) in [5.74, 6) is -1.57. The van der Waals surface area contributed by atoms with Gasteiger partial charge in [-0.2, -0.15) is 0 Å². The highest BCUT2D eigenvalue weighted by molar-refractivity contribution is 8.18. The van der Waals surface area contributed by atoms with Gasteiger partial charge in [0, 0.05) is 5.56 Å². The Bertz CT molecular complexity index is 1640. The lowest BCUT2D eigenvalue weighted by Gasteiger charge is -2.18. The number of thioether (sulfide) groups is 1. The smallest absolute Gasteiger partial charge is 0.344 e. The van der Waals surface area contributed by atoms with Crippen LogP contribution in [-0.2, 0) is 21.6 Å². The zero-order chi connectivity index (χ0) is 31.3. The fourth-order valence-corrected chi connectivity index (χ4v) is 5.44. The first kappa shape index (κ1) is 31.8. The highest BCUT2D eigenvalue weighted by atomic mass is 35.5. The van der Waals surface area contributed by atoms with E-state index in [9.17, 15) is 19.1 Å². The summed E-state index contributed by atoms with van der Waals surface area (Å²) < 4.78 is 30.0. The first-order valence-electron chi connectivity index (χ1n) is 13.4. The van der Waals surface area contributed by atoms with Gasteiger partial charge in [-0.1, -0.05) is 68.4 Å². The molecular formula is C33H31ClFNO6S. The van der Waals surface area contributed by atoms with Crippen LogP contribution in [0.25, 0.3) is 6.08 Å². The Balaban J connectivity index is 1.64. The number of esters is 1. The molecule has 0 radical (unpaired) electrons. The molecule has 224 valence electrons. The third-order valence-corrected chi connectivity index (χ3v) is 7.69. The highest BCUT2D eigenvalue weighted by Gasteiger charge is 2.34. The molecule has 1 N–H and O–H groups in total. The van der Waals surface area contributed by atoms with Crippen LogP contribution in [0.3, 0.4) is 0 Å². The van der Waals surface area contributed by atoms with Crippen LogP contribution >= 0.6 is 23.4 Å². The average Bonchev–Trinajstić information content (AvgIpc) is 3.25. The maximum absolute atomic E-state index is 13.6. The largest absolute Gasteiger partial charge is 0.506 e.